The highest BCUT2D eigenvalue weighted by Crippen LogP contribution is 2.29. The topological polar surface area (TPSA) is 21.3 Å². The van der Waals surface area contributed by atoms with Gasteiger partial charge in [0.05, 0.1) is 6.61 Å². The Morgan fingerprint density at radius 3 is 2.90 bits per heavy atom. The molecule has 112 valence electrons. The van der Waals surface area contributed by atoms with Crippen LogP contribution >= 0.6 is 0 Å². The lowest BCUT2D eigenvalue weighted by atomic mass is 9.83. The van der Waals surface area contributed by atoms with Crippen molar-refractivity contribution in [2.24, 2.45) is 5.92 Å². The maximum Gasteiger partial charge on any atom is 0.128 e. The fraction of sp³-hybridized carbons (Fsp3) is 0.647. The largest absolute Gasteiger partial charge is 0.377 e. The van der Waals surface area contributed by atoms with E-state index in [2.05, 4.69) is 12.2 Å². The second-order valence-corrected chi connectivity index (χ2v) is 5.74. The Morgan fingerprint density at radius 1 is 1.35 bits per heavy atom. The van der Waals surface area contributed by atoms with E-state index in [4.69, 9.17) is 4.74 Å². The van der Waals surface area contributed by atoms with Crippen molar-refractivity contribution >= 4 is 0 Å². The summed E-state index contributed by atoms with van der Waals surface area (Å²) in [5.41, 5.74) is 1.80. The molecule has 0 spiro atoms. The van der Waals surface area contributed by atoms with E-state index in [0.29, 0.717) is 12.2 Å². The molecule has 0 radical (unpaired) electrons. The number of hydrogen-bond donors (Lipinski definition) is 1. The summed E-state index contributed by atoms with van der Waals surface area (Å²) in [7, 11) is 0. The molecular formula is C17H26FNO. The fourth-order valence-electron chi connectivity index (χ4n) is 2.47. The number of hydrogen-bond acceptors (Lipinski definition) is 2. The summed E-state index contributed by atoms with van der Waals surface area (Å²) in [6.45, 7) is 5.06. The maximum atomic E-state index is 13.7. The molecule has 0 heterocycles. The predicted molar refractivity (Wildman–Crippen MR) is 80.0 cm³/mol. The van der Waals surface area contributed by atoms with E-state index in [9.17, 15) is 4.39 Å². The van der Waals surface area contributed by atoms with Crippen LogP contribution in [0, 0.1) is 11.7 Å². The average Bonchev–Trinajstić information content (AvgIpc) is 2.40. The smallest absolute Gasteiger partial charge is 0.128 e. The quantitative estimate of drug-likeness (QED) is 0.689. The van der Waals surface area contributed by atoms with Gasteiger partial charge in [0.1, 0.15) is 5.82 Å². The molecule has 2 nitrogen and oxygen atoms in total. The standard InChI is InChI=1S/C17H26FNO/c1-2-9-19-12-15-6-7-17(18)16(11-15)13-20-10-8-14-4-3-5-14/h6-7,11,14,19H,2-5,8-10,12-13H2,1H3. The molecule has 0 unspecified atom stereocenters. The first-order valence-corrected chi connectivity index (χ1v) is 7.85. The Labute approximate surface area is 121 Å². The predicted octanol–water partition coefficient (Wildman–Crippen LogP) is 4.03. The summed E-state index contributed by atoms with van der Waals surface area (Å²) in [5, 5.41) is 3.33. The van der Waals surface area contributed by atoms with Gasteiger partial charge in [0.25, 0.3) is 0 Å². The Hall–Kier alpha value is -0.930. The van der Waals surface area contributed by atoms with Gasteiger partial charge < -0.3 is 10.1 Å². The lowest BCUT2D eigenvalue weighted by molar-refractivity contribution is 0.0931. The first kappa shape index (κ1) is 15.5. The van der Waals surface area contributed by atoms with Crippen molar-refractivity contribution in [2.75, 3.05) is 13.2 Å². The lowest BCUT2D eigenvalue weighted by Crippen LogP contribution is -2.14. The van der Waals surface area contributed by atoms with Crippen molar-refractivity contribution in [1.29, 1.82) is 0 Å². The van der Waals surface area contributed by atoms with Crippen LogP contribution in [-0.4, -0.2) is 13.2 Å². The third kappa shape index (κ3) is 4.88. The third-order valence-electron chi connectivity index (χ3n) is 4.02. The van der Waals surface area contributed by atoms with E-state index in [1.54, 1.807) is 6.07 Å². The molecule has 0 atom stereocenters. The fourth-order valence-corrected chi connectivity index (χ4v) is 2.47. The first-order valence-electron chi connectivity index (χ1n) is 7.85. The monoisotopic (exact) mass is 279 g/mol. The van der Waals surface area contributed by atoms with Crippen LogP contribution in [-0.2, 0) is 17.9 Å². The van der Waals surface area contributed by atoms with Crippen molar-refractivity contribution in [1.82, 2.24) is 5.32 Å². The minimum Gasteiger partial charge on any atom is -0.377 e. The lowest BCUT2D eigenvalue weighted by Gasteiger charge is -2.24. The van der Waals surface area contributed by atoms with E-state index >= 15 is 0 Å². The van der Waals surface area contributed by atoms with Gasteiger partial charge in [0.15, 0.2) is 0 Å². The van der Waals surface area contributed by atoms with E-state index in [1.165, 1.54) is 19.3 Å². The Kier molecular flexibility index (Phi) is 6.48. The molecule has 1 aliphatic rings. The van der Waals surface area contributed by atoms with Gasteiger partial charge in [0.2, 0.25) is 0 Å². The Morgan fingerprint density at radius 2 is 2.20 bits per heavy atom. The molecule has 0 saturated heterocycles. The van der Waals surface area contributed by atoms with Crippen molar-refractivity contribution in [3.63, 3.8) is 0 Å². The molecule has 0 aliphatic heterocycles. The molecule has 1 fully saturated rings. The van der Waals surface area contributed by atoms with Crippen LogP contribution in [0.3, 0.4) is 0 Å². The van der Waals surface area contributed by atoms with E-state index in [1.807, 2.05) is 12.1 Å². The summed E-state index contributed by atoms with van der Waals surface area (Å²) >= 11 is 0. The second-order valence-electron chi connectivity index (χ2n) is 5.74. The van der Waals surface area contributed by atoms with Crippen LogP contribution < -0.4 is 5.32 Å². The van der Waals surface area contributed by atoms with Gasteiger partial charge in [-0.2, -0.15) is 0 Å². The number of ether oxygens (including phenoxy) is 1. The van der Waals surface area contributed by atoms with Gasteiger partial charge in [-0.3, -0.25) is 0 Å². The maximum absolute atomic E-state index is 13.7. The second kappa shape index (κ2) is 8.38. The van der Waals surface area contributed by atoms with E-state index in [-0.39, 0.29) is 5.82 Å². The molecular weight excluding hydrogens is 253 g/mol. The highest BCUT2D eigenvalue weighted by Gasteiger charge is 2.16. The summed E-state index contributed by atoms with van der Waals surface area (Å²) in [5.74, 6) is 0.692. The van der Waals surface area contributed by atoms with Gasteiger partial charge in [0, 0.05) is 18.7 Å². The molecule has 0 amide bonds. The SMILES string of the molecule is CCCNCc1ccc(F)c(COCCC2CCC2)c1. The number of nitrogens with one attached hydrogen (secondary N) is 1. The molecule has 0 aromatic heterocycles. The number of benzene rings is 1. The Balaban J connectivity index is 1.74. The number of halogens is 1. The van der Waals surface area contributed by atoms with Crippen LogP contribution in [0.4, 0.5) is 4.39 Å². The molecule has 1 aromatic carbocycles. The average molecular weight is 279 g/mol. The van der Waals surface area contributed by atoms with Crippen molar-refractivity contribution in [3.8, 4) is 0 Å². The van der Waals surface area contributed by atoms with Crippen LogP contribution in [0.25, 0.3) is 0 Å². The normalized spacial score (nSPS) is 15.3. The molecule has 1 aromatic rings. The first-order chi connectivity index (χ1) is 9.79. The van der Waals surface area contributed by atoms with Crippen molar-refractivity contribution in [3.05, 3.63) is 35.1 Å². The molecule has 1 aliphatic carbocycles. The molecule has 1 saturated carbocycles. The Bertz CT molecular complexity index is 404. The van der Waals surface area contributed by atoms with Gasteiger partial charge in [-0.05, 0) is 43.0 Å². The van der Waals surface area contributed by atoms with E-state index < -0.39 is 0 Å². The minimum absolute atomic E-state index is 0.159. The summed E-state index contributed by atoms with van der Waals surface area (Å²) < 4.78 is 19.3. The summed E-state index contributed by atoms with van der Waals surface area (Å²) in [6.07, 6.45) is 6.29. The molecule has 20 heavy (non-hydrogen) atoms. The molecule has 0 bridgehead atoms. The van der Waals surface area contributed by atoms with Crippen LogP contribution in [0.15, 0.2) is 18.2 Å². The van der Waals surface area contributed by atoms with Gasteiger partial charge >= 0.3 is 0 Å². The molecule has 1 N–H and O–H groups in total. The third-order valence-corrected chi connectivity index (χ3v) is 4.02. The summed E-state index contributed by atoms with van der Waals surface area (Å²) in [4.78, 5) is 0. The molecule has 3 heteroatoms. The van der Waals surface area contributed by atoms with Gasteiger partial charge in [-0.1, -0.05) is 32.3 Å². The zero-order valence-corrected chi connectivity index (χ0v) is 12.5. The van der Waals surface area contributed by atoms with Gasteiger partial charge in [-0.25, -0.2) is 4.39 Å². The van der Waals surface area contributed by atoms with Crippen molar-refractivity contribution < 1.29 is 9.13 Å². The zero-order chi connectivity index (χ0) is 14.2. The highest BCUT2D eigenvalue weighted by atomic mass is 19.1. The van der Waals surface area contributed by atoms with E-state index in [0.717, 1.165) is 44.0 Å². The van der Waals surface area contributed by atoms with Crippen molar-refractivity contribution in [2.45, 2.75) is 52.2 Å². The number of rotatable bonds is 9. The minimum atomic E-state index is -0.159. The van der Waals surface area contributed by atoms with Gasteiger partial charge in [-0.15, -0.1) is 0 Å². The van der Waals surface area contributed by atoms with Crippen LogP contribution in [0.2, 0.25) is 0 Å². The molecule has 2 rings (SSSR count). The highest BCUT2D eigenvalue weighted by molar-refractivity contribution is 5.24. The van der Waals surface area contributed by atoms with Crippen LogP contribution in [0.1, 0.15) is 50.2 Å². The summed E-state index contributed by atoms with van der Waals surface area (Å²) in [6, 6.07) is 5.31. The van der Waals surface area contributed by atoms with Crippen LogP contribution in [0.5, 0.6) is 0 Å². The zero-order valence-electron chi connectivity index (χ0n) is 12.5.